The molecule has 0 atom stereocenters. The van der Waals surface area contributed by atoms with Crippen LogP contribution in [0, 0.1) is 0 Å². The van der Waals surface area contributed by atoms with Crippen LogP contribution in [0.25, 0.3) is 56.4 Å². The molecule has 9 aromatic rings. The molecule has 8 aromatic carbocycles. The number of fused-ring (bicyclic) bond motifs is 6. The second kappa shape index (κ2) is 13.3. The molecular formula is C52H33N3O2. The molecule has 2 aliphatic rings. The van der Waals surface area contributed by atoms with Gasteiger partial charge in [0.1, 0.15) is 0 Å². The van der Waals surface area contributed by atoms with E-state index < -0.39 is 5.41 Å². The average Bonchev–Trinajstić information content (AvgIpc) is 3.61. The predicted molar refractivity (Wildman–Crippen MR) is 225 cm³/mol. The maximum absolute atomic E-state index is 7.11. The van der Waals surface area contributed by atoms with E-state index in [-0.39, 0.29) is 0 Å². The fraction of sp³-hybridized carbons (Fsp3) is 0.0192. The topological polar surface area (TPSA) is 57.1 Å². The standard InChI is InChI=1S/C52H33N3O2/c1-5-16-35(17-6-1)49-53-50(36-18-7-2-8-19-36)55-51(54-49)37-30-28-34(29-31-37)40-25-15-27-44-47(40)57-48-45(56-44)33-32-43-46(48)41-24-13-14-26-42(41)52(43,38-20-9-3-10-21-38)39-22-11-4-12-23-39/h1-33H. The minimum Gasteiger partial charge on any atom is -0.449 e. The summed E-state index contributed by atoms with van der Waals surface area (Å²) >= 11 is 0. The lowest BCUT2D eigenvalue weighted by Crippen LogP contribution is -2.28. The first-order valence-electron chi connectivity index (χ1n) is 19.1. The maximum Gasteiger partial charge on any atom is 0.178 e. The van der Waals surface area contributed by atoms with Crippen LogP contribution in [0.1, 0.15) is 22.3 Å². The Balaban J connectivity index is 1.02. The molecule has 1 aliphatic heterocycles. The van der Waals surface area contributed by atoms with E-state index in [0.29, 0.717) is 34.7 Å². The zero-order valence-electron chi connectivity index (χ0n) is 30.7. The van der Waals surface area contributed by atoms with Crippen molar-refractivity contribution in [2.45, 2.75) is 5.41 Å². The number of para-hydroxylation sites is 1. The van der Waals surface area contributed by atoms with Gasteiger partial charge in [-0.2, -0.15) is 0 Å². The van der Waals surface area contributed by atoms with Crippen LogP contribution < -0.4 is 9.47 Å². The lowest BCUT2D eigenvalue weighted by molar-refractivity contribution is 0.361. The van der Waals surface area contributed by atoms with Gasteiger partial charge in [0.15, 0.2) is 40.5 Å². The number of rotatable bonds is 6. The molecule has 5 nitrogen and oxygen atoms in total. The first-order valence-corrected chi connectivity index (χ1v) is 19.1. The van der Waals surface area contributed by atoms with Crippen LogP contribution in [-0.4, -0.2) is 15.0 Å². The van der Waals surface area contributed by atoms with Gasteiger partial charge in [-0.1, -0.05) is 188 Å². The monoisotopic (exact) mass is 731 g/mol. The van der Waals surface area contributed by atoms with E-state index in [4.69, 9.17) is 24.4 Å². The first kappa shape index (κ1) is 32.8. The summed E-state index contributed by atoms with van der Waals surface area (Å²) in [5.74, 6) is 4.62. The molecular weight excluding hydrogens is 699 g/mol. The molecule has 0 unspecified atom stereocenters. The van der Waals surface area contributed by atoms with Gasteiger partial charge in [-0.25, -0.2) is 15.0 Å². The Labute approximate surface area is 330 Å². The van der Waals surface area contributed by atoms with Crippen LogP contribution in [0.2, 0.25) is 0 Å². The van der Waals surface area contributed by atoms with Gasteiger partial charge in [0.05, 0.1) is 5.41 Å². The lowest BCUT2D eigenvalue weighted by atomic mass is 9.68. The highest BCUT2D eigenvalue weighted by Crippen LogP contribution is 2.62. The molecule has 0 saturated carbocycles. The minimum absolute atomic E-state index is 0.543. The molecule has 1 aromatic heterocycles. The van der Waals surface area contributed by atoms with Crippen LogP contribution in [0.4, 0.5) is 0 Å². The molecule has 2 heterocycles. The molecule has 11 rings (SSSR count). The van der Waals surface area contributed by atoms with E-state index in [1.807, 2.05) is 72.8 Å². The van der Waals surface area contributed by atoms with Crippen LogP contribution in [0.15, 0.2) is 200 Å². The fourth-order valence-electron chi connectivity index (χ4n) is 8.55. The van der Waals surface area contributed by atoms with E-state index in [1.54, 1.807) is 0 Å². The quantitative estimate of drug-likeness (QED) is 0.170. The number of nitrogens with zero attached hydrogens (tertiary/aromatic N) is 3. The van der Waals surface area contributed by atoms with Crippen molar-refractivity contribution in [3.63, 3.8) is 0 Å². The van der Waals surface area contributed by atoms with Gasteiger partial charge >= 0.3 is 0 Å². The van der Waals surface area contributed by atoms with Gasteiger partial charge in [0.2, 0.25) is 0 Å². The van der Waals surface area contributed by atoms with Crippen LogP contribution >= 0.6 is 0 Å². The molecule has 0 amide bonds. The molecule has 0 radical (unpaired) electrons. The highest BCUT2D eigenvalue weighted by Gasteiger charge is 2.48. The first-order chi connectivity index (χ1) is 28.3. The number of ether oxygens (including phenoxy) is 2. The Kier molecular flexibility index (Phi) is 7.64. The number of benzene rings is 8. The summed E-state index contributed by atoms with van der Waals surface area (Å²) in [5, 5.41) is 0. The van der Waals surface area contributed by atoms with Gasteiger partial charge < -0.3 is 9.47 Å². The summed E-state index contributed by atoms with van der Waals surface area (Å²) in [5.41, 5.74) is 11.1. The lowest BCUT2D eigenvalue weighted by Gasteiger charge is -2.34. The Morgan fingerprint density at radius 1 is 0.316 bits per heavy atom. The van der Waals surface area contributed by atoms with E-state index in [0.717, 1.165) is 50.3 Å². The van der Waals surface area contributed by atoms with Crippen molar-refractivity contribution >= 4 is 0 Å². The summed E-state index contributed by atoms with van der Waals surface area (Å²) in [6.07, 6.45) is 0. The van der Waals surface area contributed by atoms with E-state index in [1.165, 1.54) is 16.7 Å². The molecule has 268 valence electrons. The van der Waals surface area contributed by atoms with Gasteiger partial charge in [-0.3, -0.25) is 0 Å². The normalized spacial score (nSPS) is 13.0. The molecule has 0 bridgehead atoms. The molecule has 57 heavy (non-hydrogen) atoms. The summed E-state index contributed by atoms with van der Waals surface area (Å²) < 4.78 is 13.8. The zero-order chi connectivity index (χ0) is 37.8. The van der Waals surface area contributed by atoms with E-state index >= 15 is 0 Å². The third-order valence-electron chi connectivity index (χ3n) is 11.1. The molecule has 0 N–H and O–H groups in total. The number of aromatic nitrogens is 3. The highest BCUT2D eigenvalue weighted by atomic mass is 16.6. The van der Waals surface area contributed by atoms with Crippen LogP contribution in [0.3, 0.4) is 0 Å². The second-order valence-electron chi connectivity index (χ2n) is 14.3. The van der Waals surface area contributed by atoms with Crippen molar-refractivity contribution < 1.29 is 9.47 Å². The van der Waals surface area contributed by atoms with Crippen molar-refractivity contribution in [1.82, 2.24) is 15.0 Å². The van der Waals surface area contributed by atoms with Crippen molar-refractivity contribution in [2.75, 3.05) is 0 Å². The molecule has 0 fully saturated rings. The van der Waals surface area contributed by atoms with Gasteiger partial charge in [0.25, 0.3) is 0 Å². The number of hydrogen-bond acceptors (Lipinski definition) is 5. The Hall–Kier alpha value is -7.63. The Morgan fingerprint density at radius 3 is 1.39 bits per heavy atom. The average molecular weight is 732 g/mol. The Morgan fingerprint density at radius 2 is 0.789 bits per heavy atom. The van der Waals surface area contributed by atoms with Crippen LogP contribution in [0.5, 0.6) is 23.0 Å². The maximum atomic E-state index is 7.11. The molecule has 1 aliphatic carbocycles. The summed E-state index contributed by atoms with van der Waals surface area (Å²) in [7, 11) is 0. The summed E-state index contributed by atoms with van der Waals surface area (Å²) in [6.45, 7) is 0. The zero-order valence-corrected chi connectivity index (χ0v) is 30.7. The van der Waals surface area contributed by atoms with E-state index in [2.05, 4.69) is 127 Å². The smallest absolute Gasteiger partial charge is 0.178 e. The van der Waals surface area contributed by atoms with Gasteiger partial charge in [0, 0.05) is 27.8 Å². The fourth-order valence-corrected chi connectivity index (χ4v) is 8.55. The van der Waals surface area contributed by atoms with E-state index in [9.17, 15) is 0 Å². The molecule has 0 saturated heterocycles. The second-order valence-corrected chi connectivity index (χ2v) is 14.3. The summed E-state index contributed by atoms with van der Waals surface area (Å²) in [4.78, 5) is 14.7. The summed E-state index contributed by atoms with van der Waals surface area (Å²) in [6, 6.07) is 69.0. The van der Waals surface area contributed by atoms with Crippen LogP contribution in [-0.2, 0) is 5.41 Å². The third kappa shape index (κ3) is 5.28. The van der Waals surface area contributed by atoms with Crippen molar-refractivity contribution in [1.29, 1.82) is 0 Å². The molecule has 5 heteroatoms. The van der Waals surface area contributed by atoms with Crippen molar-refractivity contribution in [3.05, 3.63) is 222 Å². The predicted octanol–water partition coefficient (Wildman–Crippen LogP) is 12.8. The highest BCUT2D eigenvalue weighted by molar-refractivity contribution is 5.92. The molecule has 0 spiro atoms. The minimum atomic E-state index is -0.543. The SMILES string of the molecule is c1ccc(-c2nc(-c3ccccc3)nc(-c3ccc(-c4cccc5c4Oc4c(ccc6c4-c4ccccc4C6(c4ccccc4)c4ccccc4)O5)cc3)n2)cc1. The van der Waals surface area contributed by atoms with Crippen molar-refractivity contribution in [3.8, 4) is 79.4 Å². The Bertz CT molecular complexity index is 2840. The van der Waals surface area contributed by atoms with Crippen molar-refractivity contribution in [2.24, 2.45) is 0 Å². The third-order valence-corrected chi connectivity index (χ3v) is 11.1. The van der Waals surface area contributed by atoms with Gasteiger partial charge in [-0.05, 0) is 45.5 Å². The largest absolute Gasteiger partial charge is 0.449 e. The van der Waals surface area contributed by atoms with Gasteiger partial charge in [-0.15, -0.1) is 0 Å². The number of hydrogen-bond donors (Lipinski definition) is 0.